The van der Waals surface area contributed by atoms with Gasteiger partial charge in [0.1, 0.15) is 0 Å². The Hall–Kier alpha value is -0.570. The van der Waals surface area contributed by atoms with E-state index < -0.39 is 5.97 Å². The molecule has 0 aromatic carbocycles. The van der Waals surface area contributed by atoms with E-state index in [1.54, 1.807) is 0 Å². The van der Waals surface area contributed by atoms with Gasteiger partial charge in [0, 0.05) is 13.0 Å². The molecule has 0 radical (unpaired) electrons. The second-order valence-corrected chi connectivity index (χ2v) is 2.57. The summed E-state index contributed by atoms with van der Waals surface area (Å²) in [5, 5.41) is 16.8. The molecule has 0 aromatic rings. The van der Waals surface area contributed by atoms with E-state index in [4.69, 9.17) is 10.2 Å². The first-order chi connectivity index (χ1) is 4.66. The molecule has 0 aliphatic carbocycles. The van der Waals surface area contributed by atoms with Crippen molar-refractivity contribution in [1.29, 1.82) is 0 Å². The molecule has 0 saturated heterocycles. The fraction of sp³-hybridized carbons (Fsp3) is 0.857. The first-order valence-corrected chi connectivity index (χ1v) is 3.49. The number of carboxylic acids is 1. The third kappa shape index (κ3) is 5.56. The van der Waals surface area contributed by atoms with Crippen molar-refractivity contribution >= 4 is 5.97 Å². The number of hydrogen-bond acceptors (Lipinski definition) is 2. The van der Waals surface area contributed by atoms with Crippen molar-refractivity contribution in [2.75, 3.05) is 6.61 Å². The average Bonchev–Trinajstić information content (AvgIpc) is 1.87. The van der Waals surface area contributed by atoms with Gasteiger partial charge in [0.25, 0.3) is 0 Å². The highest BCUT2D eigenvalue weighted by atomic mass is 16.4. The molecule has 0 bridgehead atoms. The monoisotopic (exact) mass is 146 g/mol. The first-order valence-electron chi connectivity index (χ1n) is 3.49. The summed E-state index contributed by atoms with van der Waals surface area (Å²) in [5.74, 6) is -0.524. The number of carboxylic acid groups (broad SMARTS) is 1. The van der Waals surface area contributed by atoms with Crippen molar-refractivity contribution in [2.45, 2.75) is 26.2 Å². The molecular weight excluding hydrogens is 132 g/mol. The third-order valence-corrected chi connectivity index (χ3v) is 1.40. The zero-order chi connectivity index (χ0) is 7.98. The lowest BCUT2D eigenvalue weighted by molar-refractivity contribution is -0.137. The zero-order valence-corrected chi connectivity index (χ0v) is 6.21. The van der Waals surface area contributed by atoms with Crippen LogP contribution in [0.25, 0.3) is 0 Å². The molecule has 0 saturated carbocycles. The van der Waals surface area contributed by atoms with Gasteiger partial charge in [-0.1, -0.05) is 6.92 Å². The van der Waals surface area contributed by atoms with E-state index >= 15 is 0 Å². The number of hydrogen-bond donors (Lipinski definition) is 2. The molecule has 0 amide bonds. The van der Waals surface area contributed by atoms with Crippen LogP contribution in [0.2, 0.25) is 0 Å². The maximum absolute atomic E-state index is 10.0. The number of carbonyl (C=O) groups is 1. The Kier molecular flexibility index (Phi) is 4.94. The largest absolute Gasteiger partial charge is 0.481 e. The predicted octanol–water partition coefficient (Wildman–Crippen LogP) is 0.870. The highest BCUT2D eigenvalue weighted by molar-refractivity contribution is 5.66. The number of aliphatic hydroxyl groups is 1. The Morgan fingerprint density at radius 3 is 2.60 bits per heavy atom. The zero-order valence-electron chi connectivity index (χ0n) is 6.21. The average molecular weight is 146 g/mol. The van der Waals surface area contributed by atoms with Crippen LogP contribution in [0.5, 0.6) is 0 Å². The fourth-order valence-electron chi connectivity index (χ4n) is 0.693. The lowest BCUT2D eigenvalue weighted by Gasteiger charge is -2.04. The molecule has 0 heterocycles. The van der Waals surface area contributed by atoms with E-state index in [-0.39, 0.29) is 18.9 Å². The van der Waals surface area contributed by atoms with Crippen molar-refractivity contribution < 1.29 is 15.0 Å². The van der Waals surface area contributed by atoms with Crippen LogP contribution in [0.1, 0.15) is 26.2 Å². The lowest BCUT2D eigenvalue weighted by Crippen LogP contribution is -2.02. The SMILES string of the molecule is CC(CO)CCCC(=O)O. The van der Waals surface area contributed by atoms with Crippen LogP contribution in [0.4, 0.5) is 0 Å². The quantitative estimate of drug-likeness (QED) is 0.605. The molecule has 1 atom stereocenters. The minimum Gasteiger partial charge on any atom is -0.481 e. The summed E-state index contributed by atoms with van der Waals surface area (Å²) in [6.07, 6.45) is 1.67. The van der Waals surface area contributed by atoms with E-state index in [0.29, 0.717) is 6.42 Å². The summed E-state index contributed by atoms with van der Waals surface area (Å²) in [5.41, 5.74) is 0. The first kappa shape index (κ1) is 9.43. The van der Waals surface area contributed by atoms with Gasteiger partial charge in [0.15, 0.2) is 0 Å². The van der Waals surface area contributed by atoms with Crippen LogP contribution in [-0.2, 0) is 4.79 Å². The Labute approximate surface area is 60.7 Å². The van der Waals surface area contributed by atoms with Crippen LogP contribution in [-0.4, -0.2) is 22.8 Å². The van der Waals surface area contributed by atoms with Gasteiger partial charge in [-0.05, 0) is 18.8 Å². The topological polar surface area (TPSA) is 57.5 Å². The molecule has 0 rings (SSSR count). The van der Waals surface area contributed by atoms with Crippen molar-refractivity contribution in [3.05, 3.63) is 0 Å². The van der Waals surface area contributed by atoms with Crippen molar-refractivity contribution in [1.82, 2.24) is 0 Å². The molecule has 0 aliphatic rings. The van der Waals surface area contributed by atoms with Gasteiger partial charge in [-0.15, -0.1) is 0 Å². The second kappa shape index (κ2) is 5.23. The molecule has 0 spiro atoms. The van der Waals surface area contributed by atoms with Gasteiger partial charge in [-0.3, -0.25) is 4.79 Å². The maximum Gasteiger partial charge on any atom is 0.303 e. The van der Waals surface area contributed by atoms with E-state index in [1.807, 2.05) is 6.92 Å². The van der Waals surface area contributed by atoms with Gasteiger partial charge in [-0.25, -0.2) is 0 Å². The Bertz CT molecular complexity index is 101. The fourth-order valence-corrected chi connectivity index (χ4v) is 0.693. The normalized spacial score (nSPS) is 13.0. The molecule has 3 nitrogen and oxygen atoms in total. The number of aliphatic hydroxyl groups excluding tert-OH is 1. The Balaban J connectivity index is 3.11. The summed E-state index contributed by atoms with van der Waals surface area (Å²) in [7, 11) is 0. The second-order valence-electron chi connectivity index (χ2n) is 2.57. The van der Waals surface area contributed by atoms with Crippen molar-refractivity contribution in [3.63, 3.8) is 0 Å². The summed E-state index contributed by atoms with van der Waals surface area (Å²) >= 11 is 0. The van der Waals surface area contributed by atoms with Crippen LogP contribution in [0.15, 0.2) is 0 Å². The smallest absolute Gasteiger partial charge is 0.303 e. The number of rotatable bonds is 5. The van der Waals surface area contributed by atoms with E-state index in [9.17, 15) is 4.79 Å². The van der Waals surface area contributed by atoms with Crippen molar-refractivity contribution in [3.8, 4) is 0 Å². The minimum absolute atomic E-state index is 0.152. The van der Waals surface area contributed by atoms with Crippen LogP contribution >= 0.6 is 0 Å². The minimum atomic E-state index is -0.759. The molecular formula is C7H14O3. The predicted molar refractivity (Wildman–Crippen MR) is 37.7 cm³/mol. The highest BCUT2D eigenvalue weighted by Gasteiger charge is 2.01. The lowest BCUT2D eigenvalue weighted by atomic mass is 10.1. The highest BCUT2D eigenvalue weighted by Crippen LogP contribution is 2.05. The van der Waals surface area contributed by atoms with Gasteiger partial charge in [0.05, 0.1) is 0 Å². The Morgan fingerprint density at radius 2 is 2.20 bits per heavy atom. The molecule has 3 heteroatoms. The van der Waals surface area contributed by atoms with Gasteiger partial charge in [-0.2, -0.15) is 0 Å². The van der Waals surface area contributed by atoms with E-state index in [2.05, 4.69) is 0 Å². The van der Waals surface area contributed by atoms with Gasteiger partial charge < -0.3 is 10.2 Å². The number of aliphatic carboxylic acids is 1. The van der Waals surface area contributed by atoms with E-state index in [1.165, 1.54) is 0 Å². The molecule has 1 unspecified atom stereocenters. The van der Waals surface area contributed by atoms with Gasteiger partial charge in [0.2, 0.25) is 0 Å². The Morgan fingerprint density at radius 1 is 1.60 bits per heavy atom. The molecule has 0 aliphatic heterocycles. The van der Waals surface area contributed by atoms with Crippen LogP contribution in [0, 0.1) is 5.92 Å². The third-order valence-electron chi connectivity index (χ3n) is 1.40. The van der Waals surface area contributed by atoms with Crippen LogP contribution in [0.3, 0.4) is 0 Å². The van der Waals surface area contributed by atoms with E-state index in [0.717, 1.165) is 6.42 Å². The summed E-state index contributed by atoms with van der Waals surface area (Å²) in [4.78, 5) is 10.0. The summed E-state index contributed by atoms with van der Waals surface area (Å²) in [6, 6.07) is 0. The van der Waals surface area contributed by atoms with Gasteiger partial charge >= 0.3 is 5.97 Å². The summed E-state index contributed by atoms with van der Waals surface area (Å²) < 4.78 is 0. The van der Waals surface area contributed by atoms with Crippen molar-refractivity contribution in [2.24, 2.45) is 5.92 Å². The molecule has 10 heavy (non-hydrogen) atoms. The molecule has 2 N–H and O–H groups in total. The molecule has 0 aromatic heterocycles. The molecule has 0 fully saturated rings. The van der Waals surface area contributed by atoms with Crippen LogP contribution < -0.4 is 0 Å². The molecule has 60 valence electrons. The maximum atomic E-state index is 10.0. The summed E-state index contributed by atoms with van der Waals surface area (Å²) in [6.45, 7) is 2.06. The standard InChI is InChI=1S/C7H14O3/c1-6(5-8)3-2-4-7(9)10/h6,8H,2-5H2,1H3,(H,9,10).